The van der Waals surface area contributed by atoms with Gasteiger partial charge in [-0.2, -0.15) is 0 Å². The van der Waals surface area contributed by atoms with Crippen LogP contribution in [-0.2, 0) is 12.8 Å². The summed E-state index contributed by atoms with van der Waals surface area (Å²) in [6, 6.07) is 8.71. The van der Waals surface area contributed by atoms with Crippen molar-refractivity contribution in [3.63, 3.8) is 0 Å². The molecule has 4 nitrogen and oxygen atoms in total. The first-order valence-corrected chi connectivity index (χ1v) is 9.88. The maximum absolute atomic E-state index is 4.53. The smallest absolute Gasteiger partial charge is 0.138 e. The number of hydrogen-bond acceptors (Lipinski definition) is 5. The lowest BCUT2D eigenvalue weighted by molar-refractivity contribution is 0.833. The number of anilines is 2. The van der Waals surface area contributed by atoms with E-state index in [1.807, 2.05) is 11.3 Å². The highest BCUT2D eigenvalue weighted by Gasteiger charge is 2.21. The minimum absolute atomic E-state index is 0.874. The van der Waals surface area contributed by atoms with Gasteiger partial charge in [0.2, 0.25) is 0 Å². The highest BCUT2D eigenvalue weighted by Crippen LogP contribution is 2.38. The van der Waals surface area contributed by atoms with Gasteiger partial charge in [-0.05, 0) is 56.4 Å². The molecule has 5 heteroatoms. The SMILES string of the molecule is CCN(CCNc1ncnc2sc3c(c12)CCC3)c1cccc(C)c1. The number of benzene rings is 1. The molecule has 1 aliphatic carbocycles. The molecular weight excluding hydrogens is 328 g/mol. The van der Waals surface area contributed by atoms with Crippen LogP contribution in [0.25, 0.3) is 10.2 Å². The zero-order chi connectivity index (χ0) is 17.2. The number of rotatable bonds is 6. The molecule has 0 saturated heterocycles. The zero-order valence-corrected chi connectivity index (χ0v) is 15.7. The summed E-state index contributed by atoms with van der Waals surface area (Å²) in [7, 11) is 0. The van der Waals surface area contributed by atoms with Crippen molar-refractivity contribution in [1.29, 1.82) is 0 Å². The number of nitrogens with one attached hydrogen (secondary N) is 1. The number of nitrogens with zero attached hydrogens (tertiary/aromatic N) is 3. The van der Waals surface area contributed by atoms with Gasteiger partial charge in [0, 0.05) is 30.2 Å². The van der Waals surface area contributed by atoms with E-state index in [1.165, 1.54) is 46.3 Å². The first-order valence-electron chi connectivity index (χ1n) is 9.07. The topological polar surface area (TPSA) is 41.0 Å². The van der Waals surface area contributed by atoms with Crippen LogP contribution in [-0.4, -0.2) is 29.6 Å². The Kier molecular flexibility index (Phi) is 4.57. The molecule has 2 aromatic heterocycles. The second-order valence-corrected chi connectivity index (χ2v) is 7.69. The van der Waals surface area contributed by atoms with Crippen LogP contribution in [0.5, 0.6) is 0 Å². The molecule has 1 aromatic carbocycles. The number of aromatic nitrogens is 2. The predicted molar refractivity (Wildman–Crippen MR) is 107 cm³/mol. The van der Waals surface area contributed by atoms with E-state index in [1.54, 1.807) is 6.33 Å². The third-order valence-corrected chi connectivity index (χ3v) is 6.12. The molecule has 3 aromatic rings. The molecule has 0 saturated carbocycles. The van der Waals surface area contributed by atoms with Crippen LogP contribution < -0.4 is 10.2 Å². The summed E-state index contributed by atoms with van der Waals surface area (Å²) in [5.74, 6) is 1.00. The van der Waals surface area contributed by atoms with Crippen LogP contribution in [0.3, 0.4) is 0 Å². The maximum atomic E-state index is 4.53. The second kappa shape index (κ2) is 7.00. The van der Waals surface area contributed by atoms with E-state index >= 15 is 0 Å². The quantitative estimate of drug-likeness (QED) is 0.713. The van der Waals surface area contributed by atoms with Gasteiger partial charge in [0.1, 0.15) is 17.0 Å². The molecular formula is C20H24N4S. The largest absolute Gasteiger partial charge is 0.370 e. The molecule has 0 fully saturated rings. The van der Waals surface area contributed by atoms with Gasteiger partial charge in [0.25, 0.3) is 0 Å². The van der Waals surface area contributed by atoms with Gasteiger partial charge in [-0.3, -0.25) is 0 Å². The summed E-state index contributed by atoms with van der Waals surface area (Å²) in [5, 5.41) is 4.83. The Morgan fingerprint density at radius 2 is 2.16 bits per heavy atom. The highest BCUT2D eigenvalue weighted by atomic mass is 32.1. The van der Waals surface area contributed by atoms with Gasteiger partial charge in [-0.25, -0.2) is 9.97 Å². The fourth-order valence-electron chi connectivity index (χ4n) is 3.67. The van der Waals surface area contributed by atoms with Crippen molar-refractivity contribution in [1.82, 2.24) is 9.97 Å². The van der Waals surface area contributed by atoms with Crippen molar-refractivity contribution in [3.8, 4) is 0 Å². The number of likely N-dealkylation sites (N-methyl/N-ethyl adjacent to an activating group) is 1. The molecule has 0 unspecified atom stereocenters. The number of aryl methyl sites for hydroxylation is 3. The number of thiophene rings is 1. The van der Waals surface area contributed by atoms with Crippen LogP contribution in [0.15, 0.2) is 30.6 Å². The van der Waals surface area contributed by atoms with Crippen LogP contribution >= 0.6 is 11.3 Å². The molecule has 2 heterocycles. The van der Waals surface area contributed by atoms with Crippen LogP contribution in [0.4, 0.5) is 11.5 Å². The highest BCUT2D eigenvalue weighted by molar-refractivity contribution is 7.19. The molecule has 0 amide bonds. The average Bonchev–Trinajstić information content (AvgIpc) is 3.19. The fourth-order valence-corrected chi connectivity index (χ4v) is 4.90. The lowest BCUT2D eigenvalue weighted by Gasteiger charge is -2.24. The van der Waals surface area contributed by atoms with Crippen molar-refractivity contribution in [2.24, 2.45) is 0 Å². The van der Waals surface area contributed by atoms with Crippen molar-refractivity contribution < 1.29 is 0 Å². The second-order valence-electron chi connectivity index (χ2n) is 6.61. The Labute approximate surface area is 152 Å². The minimum atomic E-state index is 0.874. The van der Waals surface area contributed by atoms with Crippen LogP contribution in [0.1, 0.15) is 29.3 Å². The summed E-state index contributed by atoms with van der Waals surface area (Å²) >= 11 is 1.84. The minimum Gasteiger partial charge on any atom is -0.370 e. The Hall–Kier alpha value is -2.14. The molecule has 0 atom stereocenters. The van der Waals surface area contributed by atoms with Gasteiger partial charge in [0.15, 0.2) is 0 Å². The molecule has 0 radical (unpaired) electrons. The first kappa shape index (κ1) is 16.3. The Morgan fingerprint density at radius 3 is 3.00 bits per heavy atom. The van der Waals surface area contributed by atoms with E-state index < -0.39 is 0 Å². The van der Waals surface area contributed by atoms with E-state index in [9.17, 15) is 0 Å². The van der Waals surface area contributed by atoms with Crippen molar-refractivity contribution in [2.75, 3.05) is 29.9 Å². The van der Waals surface area contributed by atoms with E-state index in [0.717, 1.165) is 30.3 Å². The molecule has 130 valence electrons. The van der Waals surface area contributed by atoms with E-state index in [4.69, 9.17) is 0 Å². The molecule has 0 aliphatic heterocycles. The Bertz CT molecular complexity index is 887. The summed E-state index contributed by atoms with van der Waals surface area (Å²) in [4.78, 5) is 14.1. The van der Waals surface area contributed by atoms with E-state index in [0.29, 0.717) is 0 Å². The molecule has 1 aliphatic rings. The predicted octanol–water partition coefficient (Wildman–Crippen LogP) is 4.43. The lowest BCUT2D eigenvalue weighted by atomic mass is 10.2. The third kappa shape index (κ3) is 3.21. The number of hydrogen-bond donors (Lipinski definition) is 1. The summed E-state index contributed by atoms with van der Waals surface area (Å²) in [6.45, 7) is 7.18. The summed E-state index contributed by atoms with van der Waals surface area (Å²) in [6.07, 6.45) is 5.32. The van der Waals surface area contributed by atoms with Crippen molar-refractivity contribution >= 4 is 33.1 Å². The van der Waals surface area contributed by atoms with Gasteiger partial charge >= 0.3 is 0 Å². The molecule has 0 spiro atoms. The standard InChI is InChI=1S/C20H24N4S/c1-3-24(15-7-4-6-14(2)12-15)11-10-21-19-18-16-8-5-9-17(16)25-20(18)23-13-22-19/h4,6-7,12-13H,3,5,8-11H2,1-2H3,(H,21,22,23). The van der Waals surface area contributed by atoms with E-state index in [-0.39, 0.29) is 0 Å². The molecule has 0 bridgehead atoms. The van der Waals surface area contributed by atoms with Crippen LogP contribution in [0.2, 0.25) is 0 Å². The Morgan fingerprint density at radius 1 is 1.24 bits per heavy atom. The first-order chi connectivity index (χ1) is 12.3. The lowest BCUT2D eigenvalue weighted by Crippen LogP contribution is -2.29. The summed E-state index contributed by atoms with van der Waals surface area (Å²) in [5.41, 5.74) is 4.07. The van der Waals surface area contributed by atoms with E-state index in [2.05, 4.69) is 58.3 Å². The van der Waals surface area contributed by atoms with Crippen LogP contribution in [0, 0.1) is 6.92 Å². The van der Waals surface area contributed by atoms with Gasteiger partial charge < -0.3 is 10.2 Å². The van der Waals surface area contributed by atoms with Gasteiger partial charge in [0.05, 0.1) is 5.39 Å². The zero-order valence-electron chi connectivity index (χ0n) is 14.9. The Balaban J connectivity index is 1.49. The third-order valence-electron chi connectivity index (χ3n) is 4.92. The molecule has 4 rings (SSSR count). The van der Waals surface area contributed by atoms with Gasteiger partial charge in [-0.1, -0.05) is 12.1 Å². The summed E-state index contributed by atoms with van der Waals surface area (Å²) < 4.78 is 0. The maximum Gasteiger partial charge on any atom is 0.138 e. The average molecular weight is 353 g/mol. The van der Waals surface area contributed by atoms with Gasteiger partial charge in [-0.15, -0.1) is 11.3 Å². The number of fused-ring (bicyclic) bond motifs is 3. The fraction of sp³-hybridized carbons (Fsp3) is 0.400. The van der Waals surface area contributed by atoms with Crippen molar-refractivity contribution in [3.05, 3.63) is 46.6 Å². The molecule has 25 heavy (non-hydrogen) atoms. The normalized spacial score (nSPS) is 13.2. The monoisotopic (exact) mass is 352 g/mol. The van der Waals surface area contributed by atoms with Crippen molar-refractivity contribution in [2.45, 2.75) is 33.1 Å². The molecule has 1 N–H and O–H groups in total.